The first-order valence-electron chi connectivity index (χ1n) is 8.40. The van der Waals surface area contributed by atoms with Gasteiger partial charge in [-0.2, -0.15) is 0 Å². The second kappa shape index (κ2) is 13.8. The summed E-state index contributed by atoms with van der Waals surface area (Å²) in [6, 6.07) is 0.632. The summed E-state index contributed by atoms with van der Waals surface area (Å²) in [4.78, 5) is 25.5. The molecule has 0 aliphatic carbocycles. The molecule has 0 heterocycles. The maximum Gasteiger partial charge on any atom is 0.500 e. The third-order valence-corrected chi connectivity index (χ3v) is 6.59. The van der Waals surface area contributed by atoms with Crippen LogP contribution in [0.1, 0.15) is 25.7 Å². The van der Waals surface area contributed by atoms with Gasteiger partial charge in [-0.3, -0.25) is 9.59 Å². The molecule has 0 aromatic rings. The summed E-state index contributed by atoms with van der Waals surface area (Å²) >= 11 is 0. The number of carbonyl (C=O) groups is 2. The van der Waals surface area contributed by atoms with Crippen molar-refractivity contribution in [1.29, 1.82) is 0 Å². The number of nitrogens with zero attached hydrogens (tertiary/aromatic N) is 1. The Labute approximate surface area is 152 Å². The van der Waals surface area contributed by atoms with Crippen LogP contribution < -0.4 is 5.32 Å². The molecule has 0 atom stereocenters. The maximum absolute atomic E-state index is 12.0. The second-order valence-corrected chi connectivity index (χ2v) is 8.57. The number of carbonyl (C=O) groups excluding carboxylic acids is 2. The van der Waals surface area contributed by atoms with E-state index in [9.17, 15) is 9.59 Å². The molecule has 1 N–H and O–H groups in total. The third-order valence-electron chi connectivity index (χ3n) is 3.76. The van der Waals surface area contributed by atoms with Gasteiger partial charge < -0.3 is 23.5 Å². The highest BCUT2D eigenvalue weighted by Crippen LogP contribution is 2.14. The quantitative estimate of drug-likeness (QED) is 0.269. The number of nitrogens with one attached hydrogen (secondary N) is 1. The smallest absolute Gasteiger partial charge is 0.377 e. The molecule has 0 saturated heterocycles. The number of hydrogen-bond acceptors (Lipinski definition) is 5. The van der Waals surface area contributed by atoms with Crippen LogP contribution in [0.25, 0.3) is 0 Å². The molecular formula is C17H32N2O5Si. The zero-order chi connectivity index (χ0) is 19.1. The maximum atomic E-state index is 12.0. The van der Waals surface area contributed by atoms with Gasteiger partial charge in [-0.15, -0.1) is 13.2 Å². The largest absolute Gasteiger partial charge is 0.500 e. The summed E-state index contributed by atoms with van der Waals surface area (Å²) in [7, 11) is 2.12. The van der Waals surface area contributed by atoms with Crippen LogP contribution in [-0.4, -0.2) is 66.5 Å². The minimum atomic E-state index is -2.58. The Bertz CT molecular complexity index is 409. The summed E-state index contributed by atoms with van der Waals surface area (Å²) in [5.41, 5.74) is 0. The van der Waals surface area contributed by atoms with E-state index in [0.717, 1.165) is 0 Å². The molecule has 0 unspecified atom stereocenters. The van der Waals surface area contributed by atoms with Gasteiger partial charge in [0.25, 0.3) is 0 Å². The zero-order valence-corrected chi connectivity index (χ0v) is 16.7. The minimum Gasteiger partial charge on any atom is -0.377 e. The van der Waals surface area contributed by atoms with Gasteiger partial charge in [-0.1, -0.05) is 12.2 Å². The SMILES string of the molecule is C=CCN(CC=C)C(=O)CCCC(=O)NCCC[Si](OC)(OC)OC. The molecule has 0 radical (unpaired) electrons. The minimum absolute atomic E-state index is 0.00340. The molecule has 0 aromatic heterocycles. The molecule has 0 bridgehead atoms. The molecule has 2 amide bonds. The van der Waals surface area contributed by atoms with Crippen LogP contribution in [0.5, 0.6) is 0 Å². The summed E-state index contributed by atoms with van der Waals surface area (Å²) < 4.78 is 16.0. The highest BCUT2D eigenvalue weighted by Gasteiger charge is 2.36. The Morgan fingerprint density at radius 2 is 1.56 bits per heavy atom. The molecule has 0 aliphatic rings. The van der Waals surface area contributed by atoms with E-state index in [1.807, 2.05) is 0 Å². The first-order valence-corrected chi connectivity index (χ1v) is 10.3. The van der Waals surface area contributed by atoms with Gasteiger partial charge in [-0.05, 0) is 12.8 Å². The number of hydrogen-bond donors (Lipinski definition) is 1. The van der Waals surface area contributed by atoms with E-state index in [4.69, 9.17) is 13.3 Å². The van der Waals surface area contributed by atoms with Gasteiger partial charge in [0.1, 0.15) is 0 Å². The van der Waals surface area contributed by atoms with Gasteiger partial charge in [0.05, 0.1) is 0 Å². The zero-order valence-electron chi connectivity index (χ0n) is 15.7. The van der Waals surface area contributed by atoms with Gasteiger partial charge in [0, 0.05) is 59.8 Å². The van der Waals surface area contributed by atoms with Crippen molar-refractivity contribution in [3.8, 4) is 0 Å². The Balaban J connectivity index is 3.99. The fourth-order valence-electron chi connectivity index (χ4n) is 2.33. The summed E-state index contributed by atoms with van der Waals surface area (Å²) in [5.74, 6) is -0.0602. The monoisotopic (exact) mass is 372 g/mol. The van der Waals surface area contributed by atoms with E-state index in [0.29, 0.717) is 51.4 Å². The van der Waals surface area contributed by atoms with Crippen molar-refractivity contribution >= 4 is 20.6 Å². The molecular weight excluding hydrogens is 340 g/mol. The van der Waals surface area contributed by atoms with Crippen LogP contribution in [0.2, 0.25) is 6.04 Å². The van der Waals surface area contributed by atoms with E-state index in [1.54, 1.807) is 38.4 Å². The van der Waals surface area contributed by atoms with Gasteiger partial charge in [0.2, 0.25) is 11.8 Å². The second-order valence-electron chi connectivity index (χ2n) is 5.48. The number of rotatable bonds is 15. The van der Waals surface area contributed by atoms with E-state index in [2.05, 4.69) is 18.5 Å². The van der Waals surface area contributed by atoms with Gasteiger partial charge >= 0.3 is 8.80 Å². The molecule has 7 nitrogen and oxygen atoms in total. The molecule has 25 heavy (non-hydrogen) atoms. The molecule has 0 aliphatic heterocycles. The normalized spacial score (nSPS) is 11.0. The predicted octanol–water partition coefficient (Wildman–Crippen LogP) is 1.74. The van der Waals surface area contributed by atoms with Crippen LogP contribution in [0.15, 0.2) is 25.3 Å². The Morgan fingerprint density at radius 1 is 1.00 bits per heavy atom. The molecule has 144 valence electrons. The lowest BCUT2D eigenvalue weighted by molar-refractivity contribution is -0.130. The Hall–Kier alpha value is -1.48. The molecule has 0 rings (SSSR count). The van der Waals surface area contributed by atoms with Crippen molar-refractivity contribution in [2.75, 3.05) is 41.0 Å². The van der Waals surface area contributed by atoms with Crippen molar-refractivity contribution in [2.24, 2.45) is 0 Å². The van der Waals surface area contributed by atoms with Crippen LogP contribution in [0.4, 0.5) is 0 Å². The predicted molar refractivity (Wildman–Crippen MR) is 100 cm³/mol. The fourth-order valence-corrected chi connectivity index (χ4v) is 4.05. The molecule has 0 spiro atoms. The standard InChI is InChI=1S/C17H32N2O5Si/c1-6-13-19(14-7-2)17(21)11-8-10-16(20)18-12-9-15-25(22-3,23-4)24-5/h6-7H,1-2,8-15H2,3-5H3,(H,18,20). The van der Waals surface area contributed by atoms with Crippen LogP contribution >= 0.6 is 0 Å². The first-order chi connectivity index (χ1) is 12.0. The average molecular weight is 373 g/mol. The van der Waals surface area contributed by atoms with E-state index >= 15 is 0 Å². The first kappa shape index (κ1) is 23.5. The lowest BCUT2D eigenvalue weighted by Gasteiger charge is -2.24. The summed E-state index contributed by atoms with van der Waals surface area (Å²) in [6.45, 7) is 8.77. The lowest BCUT2D eigenvalue weighted by atomic mass is 10.2. The van der Waals surface area contributed by atoms with E-state index in [1.165, 1.54) is 0 Å². The van der Waals surface area contributed by atoms with E-state index in [-0.39, 0.29) is 11.8 Å². The van der Waals surface area contributed by atoms with Gasteiger partial charge in [0.15, 0.2) is 0 Å². The summed E-state index contributed by atoms with van der Waals surface area (Å²) in [5, 5.41) is 2.84. The van der Waals surface area contributed by atoms with Crippen LogP contribution in [0, 0.1) is 0 Å². The molecule has 8 heteroatoms. The van der Waals surface area contributed by atoms with Crippen molar-refractivity contribution in [3.05, 3.63) is 25.3 Å². The molecule has 0 saturated carbocycles. The summed E-state index contributed by atoms with van der Waals surface area (Å²) in [6.07, 6.45) is 5.24. The number of amides is 2. The topological polar surface area (TPSA) is 77.1 Å². The highest BCUT2D eigenvalue weighted by atomic mass is 28.4. The molecule has 0 aromatic carbocycles. The highest BCUT2D eigenvalue weighted by molar-refractivity contribution is 6.60. The third kappa shape index (κ3) is 9.54. The van der Waals surface area contributed by atoms with Crippen molar-refractivity contribution in [3.63, 3.8) is 0 Å². The Morgan fingerprint density at radius 3 is 2.04 bits per heavy atom. The molecule has 0 fully saturated rings. The van der Waals surface area contributed by atoms with Crippen molar-refractivity contribution < 1.29 is 22.9 Å². The van der Waals surface area contributed by atoms with E-state index < -0.39 is 8.80 Å². The van der Waals surface area contributed by atoms with Gasteiger partial charge in [-0.25, -0.2) is 0 Å². The van der Waals surface area contributed by atoms with Crippen LogP contribution in [-0.2, 0) is 22.9 Å². The Kier molecular flexibility index (Phi) is 13.0. The van der Waals surface area contributed by atoms with Crippen molar-refractivity contribution in [2.45, 2.75) is 31.7 Å². The van der Waals surface area contributed by atoms with Crippen LogP contribution in [0.3, 0.4) is 0 Å². The average Bonchev–Trinajstić information content (AvgIpc) is 2.62. The fraction of sp³-hybridized carbons (Fsp3) is 0.647. The lowest BCUT2D eigenvalue weighted by Crippen LogP contribution is -2.43. The van der Waals surface area contributed by atoms with Crippen molar-refractivity contribution in [1.82, 2.24) is 10.2 Å².